The minimum Gasteiger partial charge on any atom is -0.383 e. The third-order valence-electron chi connectivity index (χ3n) is 3.81. The Morgan fingerprint density at radius 3 is 2.62 bits per heavy atom. The Hall–Kier alpha value is -2.28. The van der Waals surface area contributed by atoms with Crippen LogP contribution in [0.5, 0.6) is 0 Å². The van der Waals surface area contributed by atoms with E-state index < -0.39 is 0 Å². The smallest absolute Gasteiger partial charge is 0.194 e. The quantitative estimate of drug-likeness (QED) is 0.451. The minimum absolute atomic E-state index is 0.411. The van der Waals surface area contributed by atoms with Crippen molar-refractivity contribution < 1.29 is 0 Å². The second-order valence-electron chi connectivity index (χ2n) is 5.71. The van der Waals surface area contributed by atoms with E-state index in [2.05, 4.69) is 20.2 Å². The lowest BCUT2D eigenvalue weighted by molar-refractivity contribution is 1.01. The number of anilines is 1. The van der Waals surface area contributed by atoms with Gasteiger partial charge in [0.25, 0.3) is 0 Å². The van der Waals surface area contributed by atoms with Gasteiger partial charge in [-0.3, -0.25) is 5.10 Å². The van der Waals surface area contributed by atoms with Crippen molar-refractivity contribution in [1.82, 2.24) is 20.2 Å². The van der Waals surface area contributed by atoms with Gasteiger partial charge in [0.1, 0.15) is 5.82 Å². The molecule has 0 saturated heterocycles. The van der Waals surface area contributed by atoms with E-state index in [1.807, 2.05) is 37.3 Å². The number of nitrogens with two attached hydrogens (primary N) is 1. The molecule has 5 nitrogen and oxygen atoms in total. The zero-order chi connectivity index (χ0) is 18.3. The second-order valence-corrected chi connectivity index (χ2v) is 7.56. The van der Waals surface area contributed by atoms with Gasteiger partial charge in [-0.2, -0.15) is 5.10 Å². The van der Waals surface area contributed by atoms with Gasteiger partial charge in [0.2, 0.25) is 0 Å². The highest BCUT2D eigenvalue weighted by Crippen LogP contribution is 2.35. The van der Waals surface area contributed by atoms with Crippen molar-refractivity contribution in [2.45, 2.75) is 17.0 Å². The van der Waals surface area contributed by atoms with Crippen LogP contribution in [0.1, 0.15) is 5.69 Å². The largest absolute Gasteiger partial charge is 0.383 e. The van der Waals surface area contributed by atoms with Crippen LogP contribution in [0.15, 0.2) is 52.5 Å². The summed E-state index contributed by atoms with van der Waals surface area (Å²) in [5.41, 5.74) is 9.71. The minimum atomic E-state index is 0.411. The van der Waals surface area contributed by atoms with Crippen LogP contribution in [0.25, 0.3) is 22.2 Å². The predicted molar refractivity (Wildman–Crippen MR) is 107 cm³/mol. The summed E-state index contributed by atoms with van der Waals surface area (Å²) in [4.78, 5) is 9.98. The van der Waals surface area contributed by atoms with Gasteiger partial charge >= 0.3 is 0 Å². The molecule has 3 N–H and O–H groups in total. The Balaban J connectivity index is 1.78. The lowest BCUT2D eigenvalue weighted by atomic mass is 10.1. The van der Waals surface area contributed by atoms with E-state index in [1.54, 1.807) is 12.1 Å². The number of aromatic amines is 1. The van der Waals surface area contributed by atoms with Crippen LogP contribution < -0.4 is 5.73 Å². The molecule has 0 atom stereocenters. The van der Waals surface area contributed by atoms with E-state index >= 15 is 0 Å². The molecular formula is C18H13Cl2N5S. The maximum atomic E-state index is 6.26. The van der Waals surface area contributed by atoms with Crippen LogP contribution in [0.4, 0.5) is 5.82 Å². The number of nitrogen functional groups attached to an aromatic ring is 1. The van der Waals surface area contributed by atoms with Crippen LogP contribution >= 0.6 is 35.0 Å². The maximum Gasteiger partial charge on any atom is 0.194 e. The number of nitrogens with zero attached hydrogens (tertiary/aromatic N) is 3. The normalized spacial score (nSPS) is 11.2. The van der Waals surface area contributed by atoms with Gasteiger partial charge in [-0.1, -0.05) is 35.3 Å². The number of nitrogens with one attached hydrogen (secondary N) is 1. The number of hydrogen-bond acceptors (Lipinski definition) is 5. The van der Waals surface area contributed by atoms with E-state index in [-0.39, 0.29) is 0 Å². The SMILES string of the molecule is Cc1cc(-c2cccc3nc(Sc4ccc(Cl)c(Cl)c4)nc(N)c23)n[nH]1. The second kappa shape index (κ2) is 6.79. The van der Waals surface area contributed by atoms with Crippen molar-refractivity contribution in [2.24, 2.45) is 0 Å². The van der Waals surface area contributed by atoms with E-state index in [1.165, 1.54) is 11.8 Å². The Morgan fingerprint density at radius 2 is 1.88 bits per heavy atom. The first-order chi connectivity index (χ1) is 12.5. The van der Waals surface area contributed by atoms with Gasteiger partial charge in [-0.05, 0) is 49.0 Å². The van der Waals surface area contributed by atoms with Crippen LogP contribution in [0, 0.1) is 6.92 Å². The van der Waals surface area contributed by atoms with E-state index in [0.29, 0.717) is 21.0 Å². The number of hydrogen-bond donors (Lipinski definition) is 2. The first kappa shape index (κ1) is 17.1. The van der Waals surface area contributed by atoms with Crippen molar-refractivity contribution in [1.29, 1.82) is 0 Å². The fraction of sp³-hybridized carbons (Fsp3) is 0.0556. The molecule has 0 saturated carbocycles. The molecule has 0 amide bonds. The Labute approximate surface area is 163 Å². The fourth-order valence-corrected chi connectivity index (χ4v) is 3.82. The lowest BCUT2D eigenvalue weighted by Gasteiger charge is -2.09. The average molecular weight is 402 g/mol. The molecular weight excluding hydrogens is 389 g/mol. The Kier molecular flexibility index (Phi) is 4.48. The van der Waals surface area contributed by atoms with Gasteiger partial charge in [0, 0.05) is 16.2 Å². The summed E-state index contributed by atoms with van der Waals surface area (Å²) >= 11 is 13.4. The molecule has 26 heavy (non-hydrogen) atoms. The fourth-order valence-electron chi connectivity index (χ4n) is 2.65. The Morgan fingerprint density at radius 1 is 1.04 bits per heavy atom. The molecule has 0 spiro atoms. The average Bonchev–Trinajstić information content (AvgIpc) is 3.04. The number of benzene rings is 2. The number of halogens is 2. The Bertz CT molecular complexity index is 1130. The summed E-state index contributed by atoms with van der Waals surface area (Å²) in [6.45, 7) is 1.95. The predicted octanol–water partition coefficient (Wildman–Crippen LogP) is 5.37. The van der Waals surface area contributed by atoms with Crippen molar-refractivity contribution in [2.75, 3.05) is 5.73 Å². The van der Waals surface area contributed by atoms with Gasteiger partial charge in [0.05, 0.1) is 26.6 Å². The summed E-state index contributed by atoms with van der Waals surface area (Å²) < 4.78 is 0. The number of H-pyrrole nitrogens is 1. The van der Waals surface area contributed by atoms with Crippen molar-refractivity contribution >= 4 is 51.7 Å². The zero-order valence-electron chi connectivity index (χ0n) is 13.6. The first-order valence-electron chi connectivity index (χ1n) is 7.73. The van der Waals surface area contributed by atoms with Crippen molar-refractivity contribution in [3.8, 4) is 11.3 Å². The summed E-state index contributed by atoms with van der Waals surface area (Å²) in [6.07, 6.45) is 0. The molecule has 2 aromatic heterocycles. The standard InChI is InChI=1S/C18H13Cl2N5S/c1-9-7-15(25-24-9)11-3-2-4-14-16(11)17(21)23-18(22-14)26-10-5-6-12(19)13(20)8-10/h2-8H,1H3,(H,24,25)(H2,21,22,23). The summed E-state index contributed by atoms with van der Waals surface area (Å²) in [5, 5.41) is 9.59. The topological polar surface area (TPSA) is 80.5 Å². The zero-order valence-corrected chi connectivity index (χ0v) is 16.0. The van der Waals surface area contributed by atoms with Gasteiger partial charge in [0.15, 0.2) is 5.16 Å². The monoisotopic (exact) mass is 401 g/mol. The summed E-state index contributed by atoms with van der Waals surface area (Å²) in [5.74, 6) is 0.411. The van der Waals surface area contributed by atoms with Gasteiger partial charge in [-0.25, -0.2) is 9.97 Å². The number of aromatic nitrogens is 4. The number of aryl methyl sites for hydroxylation is 1. The highest BCUT2D eigenvalue weighted by molar-refractivity contribution is 7.99. The molecule has 0 aliphatic carbocycles. The molecule has 0 aliphatic heterocycles. The first-order valence-corrected chi connectivity index (χ1v) is 9.30. The molecule has 2 heterocycles. The molecule has 4 rings (SSSR count). The molecule has 2 aromatic carbocycles. The number of rotatable bonds is 3. The van der Waals surface area contributed by atoms with Crippen LogP contribution in [0.3, 0.4) is 0 Å². The third-order valence-corrected chi connectivity index (χ3v) is 5.41. The third kappa shape index (κ3) is 3.23. The van der Waals surface area contributed by atoms with Gasteiger partial charge in [-0.15, -0.1) is 0 Å². The maximum absolute atomic E-state index is 6.26. The van der Waals surface area contributed by atoms with E-state index in [9.17, 15) is 0 Å². The van der Waals surface area contributed by atoms with E-state index in [0.717, 1.165) is 32.7 Å². The number of fused-ring (bicyclic) bond motifs is 1. The molecule has 8 heteroatoms. The molecule has 0 aliphatic rings. The molecule has 0 fully saturated rings. The van der Waals surface area contributed by atoms with Gasteiger partial charge < -0.3 is 5.73 Å². The van der Waals surface area contributed by atoms with Crippen molar-refractivity contribution in [3.05, 3.63) is 58.2 Å². The lowest BCUT2D eigenvalue weighted by Crippen LogP contribution is -1.98. The van der Waals surface area contributed by atoms with Crippen LogP contribution in [-0.2, 0) is 0 Å². The molecule has 130 valence electrons. The van der Waals surface area contributed by atoms with Crippen LogP contribution in [-0.4, -0.2) is 20.2 Å². The molecule has 4 aromatic rings. The highest BCUT2D eigenvalue weighted by Gasteiger charge is 2.14. The highest BCUT2D eigenvalue weighted by atomic mass is 35.5. The van der Waals surface area contributed by atoms with E-state index in [4.69, 9.17) is 28.9 Å². The summed E-state index contributed by atoms with van der Waals surface area (Å²) in [7, 11) is 0. The molecule has 0 unspecified atom stereocenters. The van der Waals surface area contributed by atoms with Crippen molar-refractivity contribution in [3.63, 3.8) is 0 Å². The molecule has 0 radical (unpaired) electrons. The summed E-state index contributed by atoms with van der Waals surface area (Å²) in [6, 6.07) is 13.2. The molecule has 0 bridgehead atoms. The van der Waals surface area contributed by atoms with Crippen LogP contribution in [0.2, 0.25) is 10.0 Å².